The number of pyridine rings is 1. The van der Waals surface area contributed by atoms with Crippen molar-refractivity contribution in [3.63, 3.8) is 0 Å². The number of primary sulfonamides is 1. The molecule has 0 unspecified atom stereocenters. The Hall–Kier alpha value is -3.34. The average molecular weight is 505 g/mol. The van der Waals surface area contributed by atoms with Gasteiger partial charge in [-0.2, -0.15) is 13.2 Å². The maximum absolute atomic E-state index is 13.6. The van der Waals surface area contributed by atoms with E-state index in [1.165, 1.54) is 36.5 Å². The van der Waals surface area contributed by atoms with E-state index in [1.54, 1.807) is 31.2 Å². The number of rotatable bonds is 4. The normalized spacial score (nSPS) is 12.1. The van der Waals surface area contributed by atoms with E-state index in [0.717, 1.165) is 6.07 Å². The van der Waals surface area contributed by atoms with E-state index >= 15 is 0 Å². The van der Waals surface area contributed by atoms with Crippen molar-refractivity contribution in [2.75, 3.05) is 0 Å². The van der Waals surface area contributed by atoms with Gasteiger partial charge in [0.05, 0.1) is 16.3 Å². The summed E-state index contributed by atoms with van der Waals surface area (Å²) < 4.78 is 64.2. The van der Waals surface area contributed by atoms with Crippen LogP contribution in [0.4, 0.5) is 13.2 Å². The summed E-state index contributed by atoms with van der Waals surface area (Å²) >= 11 is 6.05. The number of benzene rings is 2. The summed E-state index contributed by atoms with van der Waals surface area (Å²) in [5.41, 5.74) is 1.10. The zero-order valence-corrected chi connectivity index (χ0v) is 19.1. The molecule has 4 rings (SSSR count). The van der Waals surface area contributed by atoms with Gasteiger partial charge < -0.3 is 0 Å². The highest BCUT2D eigenvalue weighted by atomic mass is 35.5. The van der Waals surface area contributed by atoms with Gasteiger partial charge in [-0.3, -0.25) is 4.98 Å². The lowest BCUT2D eigenvalue weighted by Crippen LogP contribution is -2.12. The Balaban J connectivity index is 1.86. The summed E-state index contributed by atoms with van der Waals surface area (Å²) in [4.78, 5) is 12.2. The van der Waals surface area contributed by atoms with E-state index in [0.29, 0.717) is 27.4 Å². The van der Waals surface area contributed by atoms with Gasteiger partial charge in [0.25, 0.3) is 0 Å². The molecule has 0 fully saturated rings. The molecule has 6 nitrogen and oxygen atoms in total. The Morgan fingerprint density at radius 1 is 0.882 bits per heavy atom. The third-order valence-corrected chi connectivity index (χ3v) is 6.28. The summed E-state index contributed by atoms with van der Waals surface area (Å²) in [5.74, 6) is -0.163. The third-order valence-electron chi connectivity index (χ3n) is 4.95. The highest BCUT2D eigenvalue weighted by Gasteiger charge is 2.34. The van der Waals surface area contributed by atoms with Crippen LogP contribution in [0.2, 0.25) is 5.02 Å². The van der Waals surface area contributed by atoms with Crippen molar-refractivity contribution in [3.8, 4) is 33.9 Å². The molecule has 4 aromatic rings. The SMILES string of the molecule is Cc1cc(-c2cc(C(F)(F)F)nc(-c3ccnc(-c4cccc(S(N)(=O)=O)c4)c3)n2)ccc1Cl. The predicted octanol–water partition coefficient (Wildman–Crippen LogP) is 5.50. The molecule has 0 aliphatic heterocycles. The Bertz CT molecular complexity index is 1510. The molecule has 0 atom stereocenters. The second kappa shape index (κ2) is 8.79. The van der Waals surface area contributed by atoms with Crippen LogP contribution in [-0.4, -0.2) is 23.4 Å². The highest BCUT2D eigenvalue weighted by Crippen LogP contribution is 2.33. The third kappa shape index (κ3) is 5.09. The van der Waals surface area contributed by atoms with Crippen LogP contribution in [0.3, 0.4) is 0 Å². The highest BCUT2D eigenvalue weighted by molar-refractivity contribution is 7.89. The van der Waals surface area contributed by atoms with Crippen molar-refractivity contribution in [2.24, 2.45) is 5.14 Å². The monoisotopic (exact) mass is 504 g/mol. The minimum Gasteiger partial charge on any atom is -0.256 e. The van der Waals surface area contributed by atoms with Crippen molar-refractivity contribution >= 4 is 21.6 Å². The molecule has 11 heteroatoms. The van der Waals surface area contributed by atoms with Crippen LogP contribution < -0.4 is 5.14 Å². The largest absolute Gasteiger partial charge is 0.433 e. The number of nitrogens with zero attached hydrogens (tertiary/aromatic N) is 3. The first kappa shape index (κ1) is 23.8. The van der Waals surface area contributed by atoms with Crippen LogP contribution in [0, 0.1) is 6.92 Å². The van der Waals surface area contributed by atoms with Gasteiger partial charge in [0.15, 0.2) is 5.82 Å². The second-order valence-electron chi connectivity index (χ2n) is 7.43. The molecule has 34 heavy (non-hydrogen) atoms. The van der Waals surface area contributed by atoms with E-state index in [4.69, 9.17) is 16.7 Å². The lowest BCUT2D eigenvalue weighted by atomic mass is 10.1. The van der Waals surface area contributed by atoms with Crippen molar-refractivity contribution in [1.29, 1.82) is 0 Å². The maximum atomic E-state index is 13.6. The van der Waals surface area contributed by atoms with Gasteiger partial charge in [-0.25, -0.2) is 23.5 Å². The Labute approximate surface area is 198 Å². The van der Waals surface area contributed by atoms with Crippen LogP contribution >= 0.6 is 11.6 Å². The lowest BCUT2D eigenvalue weighted by Gasteiger charge is -2.12. The molecule has 0 radical (unpaired) electrons. The van der Waals surface area contributed by atoms with E-state index in [-0.39, 0.29) is 22.0 Å². The Kier molecular flexibility index (Phi) is 6.15. The summed E-state index contributed by atoms with van der Waals surface area (Å²) in [6.07, 6.45) is -3.32. The summed E-state index contributed by atoms with van der Waals surface area (Å²) in [5, 5.41) is 5.67. The van der Waals surface area contributed by atoms with E-state index in [1.807, 2.05) is 0 Å². The first-order chi connectivity index (χ1) is 15.9. The van der Waals surface area contributed by atoms with Crippen LogP contribution in [-0.2, 0) is 16.2 Å². The molecular weight excluding hydrogens is 489 g/mol. The molecule has 0 aliphatic rings. The van der Waals surface area contributed by atoms with Gasteiger partial charge in [0, 0.05) is 27.9 Å². The smallest absolute Gasteiger partial charge is 0.256 e. The van der Waals surface area contributed by atoms with Crippen LogP contribution in [0.15, 0.2) is 71.8 Å². The van der Waals surface area contributed by atoms with Crippen LogP contribution in [0.1, 0.15) is 11.3 Å². The summed E-state index contributed by atoms with van der Waals surface area (Å²) in [6, 6.07) is 14.4. The molecular formula is C23H16ClF3N4O2S. The van der Waals surface area contributed by atoms with Gasteiger partial charge >= 0.3 is 6.18 Å². The van der Waals surface area contributed by atoms with E-state index in [2.05, 4.69) is 15.0 Å². The van der Waals surface area contributed by atoms with Crippen molar-refractivity contribution in [2.45, 2.75) is 18.0 Å². The molecule has 0 saturated heterocycles. The summed E-state index contributed by atoms with van der Waals surface area (Å²) in [7, 11) is -3.95. The fourth-order valence-corrected chi connectivity index (χ4v) is 3.91. The molecule has 0 spiro atoms. The topological polar surface area (TPSA) is 98.8 Å². The standard InChI is InChI=1S/C23H16ClF3N4O2S/c1-13-9-15(5-6-18(13)24)20-12-21(23(25,26)27)31-22(30-20)16-7-8-29-19(11-16)14-3-2-4-17(10-14)34(28,32)33/h2-12H,1H3,(H2,28,32,33). The van der Waals surface area contributed by atoms with Gasteiger partial charge in [-0.1, -0.05) is 29.8 Å². The van der Waals surface area contributed by atoms with Gasteiger partial charge in [0.2, 0.25) is 10.0 Å². The van der Waals surface area contributed by atoms with E-state index < -0.39 is 21.9 Å². The fourth-order valence-electron chi connectivity index (χ4n) is 3.23. The first-order valence-corrected chi connectivity index (χ1v) is 11.7. The number of halogens is 4. The Morgan fingerprint density at radius 2 is 1.62 bits per heavy atom. The van der Waals surface area contributed by atoms with Crippen molar-refractivity contribution in [1.82, 2.24) is 15.0 Å². The number of aromatic nitrogens is 3. The van der Waals surface area contributed by atoms with Gasteiger partial charge in [0.1, 0.15) is 5.69 Å². The maximum Gasteiger partial charge on any atom is 0.433 e. The minimum absolute atomic E-state index is 0.0756. The quantitative estimate of drug-likeness (QED) is 0.395. The molecule has 174 valence electrons. The van der Waals surface area contributed by atoms with Gasteiger partial charge in [-0.15, -0.1) is 0 Å². The summed E-state index contributed by atoms with van der Waals surface area (Å²) in [6.45, 7) is 1.74. The fraction of sp³-hybridized carbons (Fsp3) is 0.0870. The molecule has 0 aliphatic carbocycles. The number of nitrogens with two attached hydrogens (primary N) is 1. The van der Waals surface area contributed by atoms with E-state index in [9.17, 15) is 21.6 Å². The number of sulfonamides is 1. The predicted molar refractivity (Wildman–Crippen MR) is 122 cm³/mol. The molecule has 0 bridgehead atoms. The molecule has 2 N–H and O–H groups in total. The van der Waals surface area contributed by atoms with Crippen molar-refractivity contribution < 1.29 is 21.6 Å². The minimum atomic E-state index is -4.70. The zero-order valence-electron chi connectivity index (χ0n) is 17.5. The number of alkyl halides is 3. The Morgan fingerprint density at radius 3 is 2.29 bits per heavy atom. The average Bonchev–Trinajstić information content (AvgIpc) is 2.79. The van der Waals surface area contributed by atoms with Gasteiger partial charge in [-0.05, 0) is 55.0 Å². The molecule has 2 heterocycles. The first-order valence-electron chi connectivity index (χ1n) is 9.74. The lowest BCUT2D eigenvalue weighted by molar-refractivity contribution is -0.141. The molecule has 0 saturated carbocycles. The molecule has 0 amide bonds. The van der Waals surface area contributed by atoms with Crippen LogP contribution in [0.25, 0.3) is 33.9 Å². The second-order valence-corrected chi connectivity index (χ2v) is 9.39. The number of hydrogen-bond acceptors (Lipinski definition) is 5. The number of hydrogen-bond donors (Lipinski definition) is 1. The molecule has 2 aromatic heterocycles. The number of aryl methyl sites for hydroxylation is 1. The van der Waals surface area contributed by atoms with Crippen molar-refractivity contribution in [3.05, 3.63) is 83.1 Å². The van der Waals surface area contributed by atoms with Crippen LogP contribution in [0.5, 0.6) is 0 Å². The zero-order chi connectivity index (χ0) is 24.7. The molecule has 2 aromatic carbocycles.